The molecule has 13 heavy (non-hydrogen) atoms. The molecular formula is C9H10N2OS. The van der Waals surface area contributed by atoms with Crippen molar-refractivity contribution in [1.82, 2.24) is 9.97 Å². The number of aliphatic hydroxyl groups excluding tert-OH is 1. The van der Waals surface area contributed by atoms with E-state index in [-0.39, 0.29) is 0 Å². The number of aryl methyl sites for hydroxylation is 1. The van der Waals surface area contributed by atoms with Gasteiger partial charge in [-0.2, -0.15) is 0 Å². The quantitative estimate of drug-likeness (QED) is 0.766. The molecule has 0 amide bonds. The molecule has 0 radical (unpaired) electrons. The van der Waals surface area contributed by atoms with Crippen LogP contribution in [0, 0.1) is 6.92 Å². The van der Waals surface area contributed by atoms with E-state index in [0.29, 0.717) is 5.82 Å². The van der Waals surface area contributed by atoms with Gasteiger partial charge in [0.15, 0.2) is 0 Å². The van der Waals surface area contributed by atoms with Gasteiger partial charge in [-0.25, -0.2) is 4.98 Å². The highest BCUT2D eigenvalue weighted by molar-refractivity contribution is 7.10. The largest absolute Gasteiger partial charge is 0.380 e. The molecule has 2 heterocycles. The summed E-state index contributed by atoms with van der Waals surface area (Å²) < 4.78 is 0. The van der Waals surface area contributed by atoms with E-state index in [9.17, 15) is 5.11 Å². The summed E-state index contributed by atoms with van der Waals surface area (Å²) in [6.07, 6.45) is 2.73. The van der Waals surface area contributed by atoms with Crippen LogP contribution in [0.1, 0.15) is 22.4 Å². The Hall–Kier alpha value is -1.13. The van der Waals surface area contributed by atoms with Gasteiger partial charge in [-0.1, -0.05) is 0 Å². The zero-order chi connectivity index (χ0) is 9.26. The molecule has 1 atom stereocenters. The van der Waals surface area contributed by atoms with Gasteiger partial charge in [0.1, 0.15) is 11.9 Å². The predicted octanol–water partition coefficient (Wildman–Crippen LogP) is 1.86. The monoisotopic (exact) mass is 194 g/mol. The van der Waals surface area contributed by atoms with Gasteiger partial charge >= 0.3 is 0 Å². The van der Waals surface area contributed by atoms with Crippen molar-refractivity contribution in [2.45, 2.75) is 13.0 Å². The lowest BCUT2D eigenvalue weighted by Gasteiger charge is -2.05. The van der Waals surface area contributed by atoms with Crippen LogP contribution in [0.25, 0.3) is 0 Å². The molecule has 1 unspecified atom stereocenters. The second-order valence-corrected chi connectivity index (χ2v) is 3.79. The molecule has 0 aliphatic heterocycles. The number of hydrogen-bond donors (Lipinski definition) is 2. The molecule has 0 aliphatic rings. The van der Waals surface area contributed by atoms with Gasteiger partial charge in [0, 0.05) is 17.3 Å². The van der Waals surface area contributed by atoms with E-state index in [1.807, 2.05) is 18.4 Å². The maximum absolute atomic E-state index is 9.87. The van der Waals surface area contributed by atoms with E-state index in [4.69, 9.17) is 0 Å². The van der Waals surface area contributed by atoms with Crippen LogP contribution in [0.3, 0.4) is 0 Å². The van der Waals surface area contributed by atoms with Crippen LogP contribution in [-0.4, -0.2) is 15.1 Å². The normalized spacial score (nSPS) is 13.1. The molecule has 68 valence electrons. The highest BCUT2D eigenvalue weighted by atomic mass is 32.1. The van der Waals surface area contributed by atoms with E-state index in [1.165, 1.54) is 0 Å². The van der Waals surface area contributed by atoms with E-state index >= 15 is 0 Å². The van der Waals surface area contributed by atoms with Gasteiger partial charge in [0.25, 0.3) is 0 Å². The first-order valence-corrected chi connectivity index (χ1v) is 4.88. The Kier molecular flexibility index (Phi) is 2.16. The Morgan fingerprint density at radius 3 is 3.00 bits per heavy atom. The minimum atomic E-state index is -0.616. The zero-order valence-electron chi connectivity index (χ0n) is 7.19. The van der Waals surface area contributed by atoms with Crippen molar-refractivity contribution in [3.05, 3.63) is 40.1 Å². The molecule has 0 saturated heterocycles. The Bertz CT molecular complexity index is 380. The molecule has 0 spiro atoms. The van der Waals surface area contributed by atoms with Crippen LogP contribution in [0.2, 0.25) is 0 Å². The number of imidazole rings is 1. The first kappa shape index (κ1) is 8.47. The first-order valence-electron chi connectivity index (χ1n) is 4.00. The maximum atomic E-state index is 9.87. The smallest absolute Gasteiger partial charge is 0.146 e. The van der Waals surface area contributed by atoms with Gasteiger partial charge in [0.2, 0.25) is 0 Å². The van der Waals surface area contributed by atoms with E-state index in [2.05, 4.69) is 9.97 Å². The van der Waals surface area contributed by atoms with Crippen molar-refractivity contribution >= 4 is 11.3 Å². The third-order valence-corrected chi connectivity index (χ3v) is 3.00. The van der Waals surface area contributed by atoms with Gasteiger partial charge in [-0.05, 0) is 23.9 Å². The number of H-pyrrole nitrogens is 1. The highest BCUT2D eigenvalue weighted by Gasteiger charge is 2.15. The summed E-state index contributed by atoms with van der Waals surface area (Å²) in [6.45, 7) is 1.98. The number of aliphatic hydroxyl groups is 1. The van der Waals surface area contributed by atoms with Crippen molar-refractivity contribution in [2.24, 2.45) is 0 Å². The summed E-state index contributed by atoms with van der Waals surface area (Å²) in [5.74, 6) is 0.602. The van der Waals surface area contributed by atoms with Gasteiger partial charge in [-0.3, -0.25) is 0 Å². The number of thiophene rings is 1. The molecule has 0 saturated carbocycles. The fraction of sp³-hybridized carbons (Fsp3) is 0.222. The molecule has 0 aromatic carbocycles. The van der Waals surface area contributed by atoms with E-state index in [0.717, 1.165) is 10.4 Å². The lowest BCUT2D eigenvalue weighted by Crippen LogP contribution is -2.00. The molecule has 2 aromatic heterocycles. The second-order valence-electron chi connectivity index (χ2n) is 2.84. The standard InChI is InChI=1S/C9H10N2OS/c1-6-2-5-13-8(6)7(12)9-10-3-4-11-9/h2-5,7,12H,1H3,(H,10,11). The molecule has 4 heteroatoms. The van der Waals surface area contributed by atoms with Crippen LogP contribution in [0.4, 0.5) is 0 Å². The average Bonchev–Trinajstić information content (AvgIpc) is 2.72. The maximum Gasteiger partial charge on any atom is 0.146 e. The molecule has 0 bridgehead atoms. The third kappa shape index (κ3) is 1.50. The summed E-state index contributed by atoms with van der Waals surface area (Å²) in [7, 11) is 0. The molecule has 2 N–H and O–H groups in total. The van der Waals surface area contributed by atoms with Crippen LogP contribution < -0.4 is 0 Å². The topological polar surface area (TPSA) is 48.9 Å². The van der Waals surface area contributed by atoms with Crippen molar-refractivity contribution in [2.75, 3.05) is 0 Å². The van der Waals surface area contributed by atoms with E-state index < -0.39 is 6.10 Å². The van der Waals surface area contributed by atoms with Crippen LogP contribution in [-0.2, 0) is 0 Å². The van der Waals surface area contributed by atoms with Gasteiger partial charge in [0.05, 0.1) is 0 Å². The van der Waals surface area contributed by atoms with Crippen molar-refractivity contribution in [3.63, 3.8) is 0 Å². The SMILES string of the molecule is Cc1ccsc1C(O)c1ncc[nH]1. The Morgan fingerprint density at radius 1 is 1.62 bits per heavy atom. The fourth-order valence-corrected chi connectivity index (χ4v) is 2.13. The highest BCUT2D eigenvalue weighted by Crippen LogP contribution is 2.26. The number of hydrogen-bond acceptors (Lipinski definition) is 3. The summed E-state index contributed by atoms with van der Waals surface area (Å²) in [5.41, 5.74) is 1.11. The molecule has 2 rings (SSSR count). The average molecular weight is 194 g/mol. The van der Waals surface area contributed by atoms with Crippen LogP contribution >= 0.6 is 11.3 Å². The molecule has 0 aliphatic carbocycles. The minimum absolute atomic E-state index is 0.602. The number of aromatic amines is 1. The summed E-state index contributed by atoms with van der Waals surface area (Å²) in [6, 6.07) is 1.99. The van der Waals surface area contributed by atoms with Crippen LogP contribution in [0.5, 0.6) is 0 Å². The number of nitrogens with zero attached hydrogens (tertiary/aromatic N) is 1. The van der Waals surface area contributed by atoms with Crippen molar-refractivity contribution in [3.8, 4) is 0 Å². The van der Waals surface area contributed by atoms with E-state index in [1.54, 1.807) is 23.7 Å². The first-order chi connectivity index (χ1) is 6.29. The number of nitrogens with one attached hydrogen (secondary N) is 1. The van der Waals surface area contributed by atoms with Crippen molar-refractivity contribution in [1.29, 1.82) is 0 Å². The third-order valence-electron chi connectivity index (χ3n) is 1.93. The van der Waals surface area contributed by atoms with Gasteiger partial charge < -0.3 is 10.1 Å². The fourth-order valence-electron chi connectivity index (χ4n) is 1.22. The number of rotatable bonds is 2. The lowest BCUT2D eigenvalue weighted by atomic mass is 10.2. The summed E-state index contributed by atoms with van der Waals surface area (Å²) >= 11 is 1.55. The Labute approximate surface area is 80.1 Å². The second kappa shape index (κ2) is 3.32. The number of aromatic nitrogens is 2. The minimum Gasteiger partial charge on any atom is -0.380 e. The predicted molar refractivity (Wildman–Crippen MR) is 51.7 cm³/mol. The molecule has 3 nitrogen and oxygen atoms in total. The molecular weight excluding hydrogens is 184 g/mol. The Balaban J connectivity index is 2.33. The summed E-state index contributed by atoms with van der Waals surface area (Å²) in [4.78, 5) is 7.87. The lowest BCUT2D eigenvalue weighted by molar-refractivity contribution is 0.214. The molecule has 2 aromatic rings. The zero-order valence-corrected chi connectivity index (χ0v) is 8.01. The Morgan fingerprint density at radius 2 is 2.46 bits per heavy atom. The molecule has 0 fully saturated rings. The summed E-state index contributed by atoms with van der Waals surface area (Å²) in [5, 5.41) is 11.8. The van der Waals surface area contributed by atoms with Gasteiger partial charge in [-0.15, -0.1) is 11.3 Å². The van der Waals surface area contributed by atoms with Crippen LogP contribution in [0.15, 0.2) is 23.8 Å². The van der Waals surface area contributed by atoms with Crippen molar-refractivity contribution < 1.29 is 5.11 Å².